The Balaban J connectivity index is 1.66. The van der Waals surface area contributed by atoms with Gasteiger partial charge in [0, 0.05) is 11.3 Å². The van der Waals surface area contributed by atoms with Gasteiger partial charge in [-0.05, 0) is 61.5 Å². The van der Waals surface area contributed by atoms with Crippen molar-refractivity contribution in [2.45, 2.75) is 33.6 Å². The topological polar surface area (TPSA) is 38.3 Å². The van der Waals surface area contributed by atoms with Crippen molar-refractivity contribution in [2.75, 3.05) is 5.32 Å². The molecule has 0 aliphatic carbocycles. The predicted molar refractivity (Wildman–Crippen MR) is 109 cm³/mol. The van der Waals surface area contributed by atoms with Crippen LogP contribution in [-0.4, -0.2) is 5.91 Å². The van der Waals surface area contributed by atoms with E-state index in [9.17, 15) is 18.0 Å². The maximum Gasteiger partial charge on any atom is 0.416 e. The van der Waals surface area contributed by atoms with E-state index in [0.717, 1.165) is 40.1 Å². The van der Waals surface area contributed by atoms with Crippen molar-refractivity contribution in [2.24, 2.45) is 0 Å². The molecule has 1 N–H and O–H groups in total. The Bertz CT molecular complexity index is 1020. The van der Waals surface area contributed by atoms with E-state index >= 15 is 0 Å². The Morgan fingerprint density at radius 1 is 1.07 bits per heavy atom. The van der Waals surface area contributed by atoms with E-state index in [0.29, 0.717) is 11.5 Å². The average molecular weight is 419 g/mol. The fourth-order valence-corrected chi connectivity index (χ4v) is 3.88. The van der Waals surface area contributed by atoms with Crippen molar-refractivity contribution in [1.82, 2.24) is 0 Å². The number of halogens is 3. The van der Waals surface area contributed by atoms with Crippen LogP contribution in [-0.2, 0) is 12.8 Å². The van der Waals surface area contributed by atoms with E-state index in [2.05, 4.69) is 5.32 Å². The van der Waals surface area contributed by atoms with Gasteiger partial charge in [-0.1, -0.05) is 23.8 Å². The van der Waals surface area contributed by atoms with Gasteiger partial charge in [-0.2, -0.15) is 13.2 Å². The highest BCUT2D eigenvalue weighted by Gasteiger charge is 2.30. The largest absolute Gasteiger partial charge is 0.488 e. The summed E-state index contributed by atoms with van der Waals surface area (Å²) < 4.78 is 44.4. The number of thiophene rings is 1. The van der Waals surface area contributed by atoms with E-state index in [-0.39, 0.29) is 5.69 Å². The lowest BCUT2D eigenvalue weighted by Crippen LogP contribution is -2.12. The molecule has 0 saturated heterocycles. The van der Waals surface area contributed by atoms with Gasteiger partial charge in [0.2, 0.25) is 0 Å². The van der Waals surface area contributed by atoms with Gasteiger partial charge in [-0.25, -0.2) is 0 Å². The molecule has 3 nitrogen and oxygen atoms in total. The van der Waals surface area contributed by atoms with Crippen molar-refractivity contribution >= 4 is 22.9 Å². The summed E-state index contributed by atoms with van der Waals surface area (Å²) in [7, 11) is 0. The third kappa shape index (κ3) is 5.17. The highest BCUT2D eigenvalue weighted by molar-refractivity contribution is 7.12. The number of amides is 1. The molecule has 3 rings (SSSR count). The van der Waals surface area contributed by atoms with Crippen LogP contribution < -0.4 is 10.1 Å². The minimum absolute atomic E-state index is 0.0990. The first-order valence-corrected chi connectivity index (χ1v) is 9.78. The fraction of sp³-hybridized carbons (Fsp3) is 0.227. The lowest BCUT2D eigenvalue weighted by atomic mass is 10.1. The summed E-state index contributed by atoms with van der Waals surface area (Å²) in [6.07, 6.45) is -4.46. The molecule has 0 radical (unpaired) electrons. The van der Waals surface area contributed by atoms with E-state index in [1.165, 1.54) is 23.5 Å². The summed E-state index contributed by atoms with van der Waals surface area (Å²) in [4.78, 5) is 12.8. The number of carbonyl (C=O) groups is 1. The van der Waals surface area contributed by atoms with Crippen molar-refractivity contribution in [3.8, 4) is 5.75 Å². The van der Waals surface area contributed by atoms with E-state index in [1.807, 2.05) is 32.9 Å². The molecule has 1 heterocycles. The fourth-order valence-electron chi connectivity index (χ4n) is 3.09. The maximum absolute atomic E-state index is 12.8. The highest BCUT2D eigenvalue weighted by Crippen LogP contribution is 2.31. The van der Waals surface area contributed by atoms with Gasteiger partial charge in [-0.15, -0.1) is 11.3 Å². The Morgan fingerprint density at radius 3 is 2.41 bits per heavy atom. The van der Waals surface area contributed by atoms with Gasteiger partial charge in [0.25, 0.3) is 5.91 Å². The smallest absolute Gasteiger partial charge is 0.416 e. The number of anilines is 1. The van der Waals surface area contributed by atoms with Crippen LogP contribution in [0.4, 0.5) is 18.9 Å². The summed E-state index contributed by atoms with van der Waals surface area (Å²) >= 11 is 1.22. The van der Waals surface area contributed by atoms with Crippen LogP contribution in [0.15, 0.2) is 47.8 Å². The molecule has 7 heteroatoms. The van der Waals surface area contributed by atoms with Gasteiger partial charge >= 0.3 is 6.18 Å². The normalized spacial score (nSPS) is 11.4. The van der Waals surface area contributed by atoms with Crippen LogP contribution in [0.3, 0.4) is 0 Å². The van der Waals surface area contributed by atoms with Crippen LogP contribution in [0, 0.1) is 20.8 Å². The average Bonchev–Trinajstić information content (AvgIpc) is 3.09. The second-order valence-corrected chi connectivity index (χ2v) is 7.78. The number of hydrogen-bond donors (Lipinski definition) is 1. The van der Waals surface area contributed by atoms with Crippen LogP contribution >= 0.6 is 11.3 Å². The van der Waals surface area contributed by atoms with Crippen LogP contribution in [0.5, 0.6) is 5.75 Å². The van der Waals surface area contributed by atoms with Crippen molar-refractivity contribution in [3.63, 3.8) is 0 Å². The lowest BCUT2D eigenvalue weighted by molar-refractivity contribution is -0.137. The monoisotopic (exact) mass is 419 g/mol. The highest BCUT2D eigenvalue weighted by atomic mass is 32.1. The Morgan fingerprint density at radius 2 is 1.76 bits per heavy atom. The maximum atomic E-state index is 12.8. The summed E-state index contributed by atoms with van der Waals surface area (Å²) in [6, 6.07) is 10.3. The molecule has 152 valence electrons. The number of hydrogen-bond acceptors (Lipinski definition) is 3. The molecule has 3 aromatic rings. The number of nitrogens with one attached hydrogen (secondary N) is 1. The summed E-state index contributed by atoms with van der Waals surface area (Å²) in [5.41, 5.74) is 3.36. The predicted octanol–water partition coefficient (Wildman–Crippen LogP) is 6.52. The molecule has 2 aromatic carbocycles. The Hall–Kier alpha value is -2.80. The molecule has 0 saturated carbocycles. The number of rotatable bonds is 5. The Kier molecular flexibility index (Phi) is 5.98. The molecule has 1 amide bonds. The zero-order valence-corrected chi connectivity index (χ0v) is 17.0. The molecule has 29 heavy (non-hydrogen) atoms. The van der Waals surface area contributed by atoms with Gasteiger partial charge < -0.3 is 10.1 Å². The minimum Gasteiger partial charge on any atom is -0.488 e. The van der Waals surface area contributed by atoms with Crippen molar-refractivity contribution in [1.29, 1.82) is 0 Å². The molecular formula is C22H20F3NO2S. The van der Waals surface area contributed by atoms with Gasteiger partial charge in [-0.3, -0.25) is 4.79 Å². The zero-order chi connectivity index (χ0) is 21.2. The number of benzene rings is 2. The SMILES string of the molecule is Cc1cc(C)c(OCc2csc(C(=O)Nc3cccc(C(F)(F)F)c3)c2)c(C)c1. The van der Waals surface area contributed by atoms with Crippen molar-refractivity contribution < 1.29 is 22.7 Å². The molecule has 0 spiro atoms. The molecule has 0 unspecified atom stereocenters. The lowest BCUT2D eigenvalue weighted by Gasteiger charge is -2.12. The number of carbonyl (C=O) groups excluding carboxylic acids is 1. The van der Waals surface area contributed by atoms with Crippen LogP contribution in [0.1, 0.15) is 37.5 Å². The van der Waals surface area contributed by atoms with Crippen LogP contribution in [0.2, 0.25) is 0 Å². The summed E-state index contributed by atoms with van der Waals surface area (Å²) in [5, 5.41) is 4.32. The summed E-state index contributed by atoms with van der Waals surface area (Å²) in [5.74, 6) is 0.361. The van der Waals surface area contributed by atoms with E-state index in [1.54, 1.807) is 11.4 Å². The quantitative estimate of drug-likeness (QED) is 0.511. The second kappa shape index (κ2) is 8.29. The van der Waals surface area contributed by atoms with E-state index in [4.69, 9.17) is 4.74 Å². The molecule has 0 atom stereocenters. The molecule has 0 fully saturated rings. The minimum atomic E-state index is -4.46. The molecule has 1 aromatic heterocycles. The third-order valence-electron chi connectivity index (χ3n) is 4.31. The van der Waals surface area contributed by atoms with Crippen molar-refractivity contribution in [3.05, 3.63) is 80.5 Å². The first kappa shape index (κ1) is 20.9. The standard InChI is InChI=1S/C22H20F3NO2S/c1-13-7-14(2)20(15(3)8-13)28-11-16-9-19(29-12-16)21(27)26-18-6-4-5-17(10-18)22(23,24)25/h4-10,12H,11H2,1-3H3,(H,26,27). The number of ether oxygens (including phenoxy) is 1. The number of alkyl halides is 3. The first-order valence-electron chi connectivity index (χ1n) is 8.90. The molecule has 0 bridgehead atoms. The van der Waals surface area contributed by atoms with Gasteiger partial charge in [0.1, 0.15) is 12.4 Å². The summed E-state index contributed by atoms with van der Waals surface area (Å²) in [6.45, 7) is 6.30. The van der Waals surface area contributed by atoms with Crippen LogP contribution in [0.25, 0.3) is 0 Å². The molecule has 0 aliphatic rings. The van der Waals surface area contributed by atoms with E-state index < -0.39 is 17.6 Å². The molecule has 0 aliphatic heterocycles. The third-order valence-corrected chi connectivity index (χ3v) is 5.29. The Labute approximate surface area is 171 Å². The zero-order valence-electron chi connectivity index (χ0n) is 16.2. The van der Waals surface area contributed by atoms with Gasteiger partial charge in [0.05, 0.1) is 10.4 Å². The second-order valence-electron chi connectivity index (χ2n) is 6.87. The first-order chi connectivity index (χ1) is 13.6. The van der Waals surface area contributed by atoms with Gasteiger partial charge in [0.15, 0.2) is 0 Å². The molecular weight excluding hydrogens is 399 g/mol. The number of aryl methyl sites for hydroxylation is 3.